The number of hydrogen-bond acceptors (Lipinski definition) is 7. The van der Waals surface area contributed by atoms with E-state index in [-0.39, 0.29) is 0 Å². The lowest BCUT2D eigenvalue weighted by Crippen LogP contribution is -2.23. The molecule has 184 valence electrons. The first-order valence-electron chi connectivity index (χ1n) is 12.2. The summed E-state index contributed by atoms with van der Waals surface area (Å²) in [5.41, 5.74) is 7.44. The van der Waals surface area contributed by atoms with E-state index in [4.69, 9.17) is 0 Å². The summed E-state index contributed by atoms with van der Waals surface area (Å²) in [4.78, 5) is 17.8. The molecule has 0 amide bonds. The van der Waals surface area contributed by atoms with E-state index in [2.05, 4.69) is 63.0 Å². The highest BCUT2D eigenvalue weighted by Gasteiger charge is 2.19. The van der Waals surface area contributed by atoms with Gasteiger partial charge in [0.2, 0.25) is 0 Å². The van der Waals surface area contributed by atoms with Gasteiger partial charge in [0.15, 0.2) is 0 Å². The average Bonchev–Trinajstić information content (AvgIpc) is 3.18. The summed E-state index contributed by atoms with van der Waals surface area (Å²) in [6, 6.07) is 16.3. The van der Waals surface area contributed by atoms with Crippen molar-refractivity contribution in [3.05, 3.63) is 139 Å². The SMILES string of the molecule is C=CN1/C(=C/c2ncnc(/C=C3\NC=Cc4ccccc4N3C=C)c3cncc2-3)NC=Cc2ccccc21. The van der Waals surface area contributed by atoms with Gasteiger partial charge in [-0.3, -0.25) is 4.98 Å². The summed E-state index contributed by atoms with van der Waals surface area (Å²) in [6.07, 6.45) is 20.7. The maximum absolute atomic E-state index is 4.69. The third-order valence-electron chi connectivity index (χ3n) is 6.45. The minimum atomic E-state index is 0.733. The molecule has 38 heavy (non-hydrogen) atoms. The van der Waals surface area contributed by atoms with Gasteiger partial charge >= 0.3 is 0 Å². The fraction of sp³-hybridized carbons (Fsp3) is 0. The van der Waals surface area contributed by atoms with Crippen molar-refractivity contribution >= 4 is 35.7 Å². The van der Waals surface area contributed by atoms with Crippen molar-refractivity contribution in [1.29, 1.82) is 0 Å². The van der Waals surface area contributed by atoms with Crippen LogP contribution in [0.25, 0.3) is 35.4 Å². The molecule has 0 spiro atoms. The number of hydrogen-bond donors (Lipinski definition) is 2. The molecule has 7 heteroatoms. The minimum Gasteiger partial charge on any atom is -0.348 e. The Balaban J connectivity index is 1.41. The fourth-order valence-electron chi connectivity index (χ4n) is 4.66. The number of nitrogens with one attached hydrogen (secondary N) is 2. The third kappa shape index (κ3) is 4.12. The van der Waals surface area contributed by atoms with Crippen molar-refractivity contribution in [2.75, 3.05) is 9.80 Å². The van der Waals surface area contributed by atoms with E-state index >= 15 is 0 Å². The average molecular weight is 496 g/mol. The summed E-state index contributed by atoms with van der Waals surface area (Å²) in [5.74, 6) is 1.62. The molecule has 4 aliphatic heterocycles. The Kier molecular flexibility index (Phi) is 6.00. The zero-order valence-corrected chi connectivity index (χ0v) is 20.6. The quantitative estimate of drug-likeness (QED) is 0.359. The van der Waals surface area contributed by atoms with E-state index in [1.165, 1.54) is 0 Å². The second-order valence-corrected chi connectivity index (χ2v) is 8.62. The highest BCUT2D eigenvalue weighted by Crippen LogP contribution is 2.33. The summed E-state index contributed by atoms with van der Waals surface area (Å²) < 4.78 is 0. The minimum absolute atomic E-state index is 0.733. The zero-order valence-electron chi connectivity index (χ0n) is 20.6. The summed E-state index contributed by atoms with van der Waals surface area (Å²) >= 11 is 0. The molecule has 2 aromatic rings. The summed E-state index contributed by atoms with van der Waals surface area (Å²) in [6.45, 7) is 8.08. The first-order chi connectivity index (χ1) is 18.8. The van der Waals surface area contributed by atoms with Crippen LogP contribution in [0.15, 0.2) is 117 Å². The number of rotatable bonds is 4. The van der Waals surface area contributed by atoms with Crippen LogP contribution >= 0.6 is 0 Å². The molecule has 0 saturated heterocycles. The van der Waals surface area contributed by atoms with Gasteiger partial charge < -0.3 is 20.4 Å². The van der Waals surface area contributed by atoms with E-state index in [9.17, 15) is 0 Å². The van der Waals surface area contributed by atoms with Crippen LogP contribution in [0, 0.1) is 0 Å². The van der Waals surface area contributed by atoms with Gasteiger partial charge in [0.25, 0.3) is 0 Å². The first kappa shape index (κ1) is 23.0. The molecule has 2 N–H and O–H groups in total. The van der Waals surface area contributed by atoms with Crippen LogP contribution in [0.5, 0.6) is 0 Å². The molecule has 6 rings (SSSR count). The molecule has 0 radical (unpaired) electrons. The van der Waals surface area contributed by atoms with Gasteiger partial charge in [-0.05, 0) is 35.4 Å². The van der Waals surface area contributed by atoms with Crippen molar-refractivity contribution in [2.45, 2.75) is 0 Å². The maximum Gasteiger partial charge on any atom is 0.116 e. The van der Waals surface area contributed by atoms with Crippen molar-refractivity contribution in [1.82, 2.24) is 25.6 Å². The Morgan fingerprint density at radius 2 is 1.13 bits per heavy atom. The molecule has 0 unspecified atom stereocenters. The van der Waals surface area contributed by atoms with E-state index < -0.39 is 0 Å². The predicted octanol–water partition coefficient (Wildman–Crippen LogP) is 6.02. The van der Waals surface area contributed by atoms with Gasteiger partial charge in [0, 0.05) is 60.5 Å². The highest BCUT2D eigenvalue weighted by molar-refractivity contribution is 5.83. The third-order valence-corrected chi connectivity index (χ3v) is 6.45. The lowest BCUT2D eigenvalue weighted by molar-refractivity contribution is 0.997. The van der Waals surface area contributed by atoms with E-state index in [1.54, 1.807) is 18.7 Å². The number of benzene rings is 2. The number of fused-ring (bicyclic) bond motifs is 3. The van der Waals surface area contributed by atoms with Crippen LogP contribution in [0.1, 0.15) is 22.5 Å². The van der Waals surface area contributed by atoms with Crippen LogP contribution in [-0.4, -0.2) is 15.0 Å². The van der Waals surface area contributed by atoms with Crippen LogP contribution in [0.3, 0.4) is 0 Å². The molecular weight excluding hydrogens is 470 g/mol. The van der Waals surface area contributed by atoms with Crippen LogP contribution in [0.2, 0.25) is 0 Å². The smallest absolute Gasteiger partial charge is 0.116 e. The van der Waals surface area contributed by atoms with Crippen molar-refractivity contribution in [3.8, 4) is 11.1 Å². The molecule has 2 aromatic carbocycles. The number of aromatic nitrogens is 3. The van der Waals surface area contributed by atoms with Gasteiger partial charge in [-0.1, -0.05) is 49.6 Å². The second-order valence-electron chi connectivity index (χ2n) is 8.62. The predicted molar refractivity (Wildman–Crippen MR) is 155 cm³/mol. The van der Waals surface area contributed by atoms with Crippen LogP contribution < -0.4 is 20.4 Å². The standard InChI is InChI=1S/C31H25N7/c1-3-37-28-11-7-5-9-22(28)13-15-33-30(37)17-26-24-19-32-20-25(24)27(36-21-35-26)18-31-34-16-14-23-10-6-8-12-29(23)38(31)4-2/h3-21,33-34H,1-2H2/b30-17+,31-18+. The van der Waals surface area contributed by atoms with Crippen LogP contribution in [0.4, 0.5) is 11.4 Å². The number of nitrogens with zero attached hydrogens (tertiary/aromatic N) is 5. The molecule has 0 bridgehead atoms. The molecule has 7 nitrogen and oxygen atoms in total. The monoisotopic (exact) mass is 495 g/mol. The van der Waals surface area contributed by atoms with Gasteiger partial charge in [-0.2, -0.15) is 0 Å². The molecule has 0 saturated carbocycles. The normalized spacial score (nSPS) is 16.3. The molecule has 0 atom stereocenters. The van der Waals surface area contributed by atoms with Gasteiger partial charge in [0.05, 0.1) is 22.8 Å². The number of para-hydroxylation sites is 2. The maximum atomic E-state index is 4.69. The topological polar surface area (TPSA) is 69.2 Å². The van der Waals surface area contributed by atoms with Gasteiger partial charge in [-0.15, -0.1) is 0 Å². The van der Waals surface area contributed by atoms with Gasteiger partial charge in [-0.25, -0.2) is 9.97 Å². The Morgan fingerprint density at radius 3 is 1.61 bits per heavy atom. The highest BCUT2D eigenvalue weighted by atomic mass is 15.2. The van der Waals surface area contributed by atoms with E-state index in [0.717, 1.165) is 56.7 Å². The lowest BCUT2D eigenvalue weighted by atomic mass is 10.1. The van der Waals surface area contributed by atoms with Crippen molar-refractivity contribution in [3.63, 3.8) is 0 Å². The summed E-state index contributed by atoms with van der Waals surface area (Å²) in [5, 5.41) is 6.72. The fourth-order valence-corrected chi connectivity index (χ4v) is 4.66. The first-order valence-corrected chi connectivity index (χ1v) is 12.2. The molecule has 0 fully saturated rings. The largest absolute Gasteiger partial charge is 0.348 e. The lowest BCUT2D eigenvalue weighted by Gasteiger charge is -2.23. The molecule has 4 aliphatic rings. The van der Waals surface area contributed by atoms with Crippen molar-refractivity contribution < 1.29 is 0 Å². The molecule has 0 aromatic heterocycles. The molecular formula is C31H25N7. The van der Waals surface area contributed by atoms with Crippen LogP contribution in [-0.2, 0) is 0 Å². The Hall–Kier alpha value is -5.43. The second kappa shape index (κ2) is 9.91. The zero-order chi connectivity index (χ0) is 25.9. The van der Waals surface area contributed by atoms with E-state index in [1.807, 2.05) is 83.2 Å². The molecule has 0 aliphatic carbocycles. The van der Waals surface area contributed by atoms with E-state index in [0.29, 0.717) is 0 Å². The number of anilines is 2. The Bertz CT molecular complexity index is 1510. The molecule has 4 heterocycles. The van der Waals surface area contributed by atoms with Crippen molar-refractivity contribution in [2.24, 2.45) is 0 Å². The van der Waals surface area contributed by atoms with Gasteiger partial charge in [0.1, 0.15) is 18.0 Å². The Labute approximate surface area is 221 Å². The summed E-state index contributed by atoms with van der Waals surface area (Å²) in [7, 11) is 0. The Morgan fingerprint density at radius 1 is 0.658 bits per heavy atom.